The Morgan fingerprint density at radius 2 is 2.44 bits per heavy atom. The molecule has 4 heteroatoms. The van der Waals surface area contributed by atoms with Crippen LogP contribution in [0, 0.1) is 0 Å². The highest BCUT2D eigenvalue weighted by atomic mass is 35.5. The van der Waals surface area contributed by atoms with Crippen molar-refractivity contribution in [1.82, 2.24) is 9.97 Å². The minimum absolute atomic E-state index is 0.127. The van der Waals surface area contributed by atoms with Gasteiger partial charge in [-0.1, -0.05) is 11.6 Å². The van der Waals surface area contributed by atoms with Gasteiger partial charge in [0.25, 0.3) is 0 Å². The van der Waals surface area contributed by atoms with Gasteiger partial charge in [-0.15, -0.1) is 0 Å². The van der Waals surface area contributed by atoms with Gasteiger partial charge in [-0.05, 0) is 6.07 Å². The van der Waals surface area contributed by atoms with E-state index in [2.05, 4.69) is 9.97 Å². The van der Waals surface area contributed by atoms with E-state index in [1.807, 2.05) is 0 Å². The van der Waals surface area contributed by atoms with Crippen LogP contribution in [0.1, 0.15) is 5.82 Å². The Bertz CT molecular complexity index is 204. The molecule has 0 aromatic carbocycles. The normalized spacial score (nSPS) is 9.56. The van der Waals surface area contributed by atoms with Crippen LogP contribution < -0.4 is 0 Å². The van der Waals surface area contributed by atoms with Crippen molar-refractivity contribution in [1.29, 1.82) is 0 Å². The van der Waals surface area contributed by atoms with Crippen LogP contribution in [0.25, 0.3) is 0 Å². The van der Waals surface area contributed by atoms with Crippen LogP contribution in [-0.2, 0) is 6.67 Å². The molecule has 1 aromatic heterocycles. The molecule has 1 aromatic rings. The van der Waals surface area contributed by atoms with Crippen LogP contribution in [0.2, 0.25) is 5.15 Å². The molecule has 0 saturated carbocycles. The maximum absolute atomic E-state index is 11.7. The standard InChI is InChI=1S/C5H4ClFN2/c6-4-1-2-8-5(3-7)9-4/h1-2H,3H2. The van der Waals surface area contributed by atoms with Gasteiger partial charge in [-0.3, -0.25) is 0 Å². The lowest BCUT2D eigenvalue weighted by atomic mass is 10.6. The first kappa shape index (κ1) is 6.42. The van der Waals surface area contributed by atoms with E-state index in [0.717, 1.165) is 0 Å². The van der Waals surface area contributed by atoms with Crippen LogP contribution in [0.5, 0.6) is 0 Å². The van der Waals surface area contributed by atoms with Crippen molar-refractivity contribution in [3.8, 4) is 0 Å². The minimum Gasteiger partial charge on any atom is -0.242 e. The molecule has 0 fully saturated rings. The lowest BCUT2D eigenvalue weighted by Gasteiger charge is -1.90. The van der Waals surface area contributed by atoms with Crippen LogP contribution >= 0.6 is 11.6 Å². The van der Waals surface area contributed by atoms with Gasteiger partial charge < -0.3 is 0 Å². The molecule has 0 N–H and O–H groups in total. The number of rotatable bonds is 1. The topological polar surface area (TPSA) is 25.8 Å². The number of halogens is 2. The second-order valence-corrected chi connectivity index (χ2v) is 1.82. The molecule has 48 valence electrons. The average Bonchev–Trinajstić information content (AvgIpc) is 1.88. The molecule has 0 saturated heterocycles. The van der Waals surface area contributed by atoms with Crippen molar-refractivity contribution in [3.05, 3.63) is 23.2 Å². The molecule has 9 heavy (non-hydrogen) atoms. The third-order valence-electron chi connectivity index (χ3n) is 0.791. The maximum Gasteiger partial charge on any atom is 0.161 e. The van der Waals surface area contributed by atoms with E-state index >= 15 is 0 Å². The van der Waals surface area contributed by atoms with Crippen molar-refractivity contribution in [2.24, 2.45) is 0 Å². The zero-order valence-corrected chi connectivity index (χ0v) is 5.27. The molecule has 2 nitrogen and oxygen atoms in total. The quantitative estimate of drug-likeness (QED) is 0.563. The summed E-state index contributed by atoms with van der Waals surface area (Å²) in [6, 6.07) is 1.50. The fraction of sp³-hybridized carbons (Fsp3) is 0.200. The molecule has 0 aliphatic rings. The predicted octanol–water partition coefficient (Wildman–Crippen LogP) is 1.60. The van der Waals surface area contributed by atoms with E-state index in [0.29, 0.717) is 0 Å². The Kier molecular flexibility index (Phi) is 1.95. The summed E-state index contributed by atoms with van der Waals surface area (Å²) in [5.41, 5.74) is 0. The van der Waals surface area contributed by atoms with Crippen LogP contribution in [0.15, 0.2) is 12.3 Å². The lowest BCUT2D eigenvalue weighted by molar-refractivity contribution is 0.465. The average molecular weight is 147 g/mol. The van der Waals surface area contributed by atoms with Gasteiger partial charge in [0.05, 0.1) is 0 Å². The fourth-order valence-corrected chi connectivity index (χ4v) is 0.593. The summed E-state index contributed by atoms with van der Waals surface area (Å²) in [4.78, 5) is 7.16. The van der Waals surface area contributed by atoms with Gasteiger partial charge in [-0.2, -0.15) is 0 Å². The highest BCUT2D eigenvalue weighted by Gasteiger charge is 1.93. The number of hydrogen-bond acceptors (Lipinski definition) is 2. The molecule has 1 heterocycles. The molecular formula is C5H4ClFN2. The van der Waals surface area contributed by atoms with E-state index in [9.17, 15) is 4.39 Å². The second kappa shape index (κ2) is 2.73. The summed E-state index contributed by atoms with van der Waals surface area (Å²) in [6.07, 6.45) is 1.42. The maximum atomic E-state index is 11.7. The molecule has 0 unspecified atom stereocenters. The van der Waals surface area contributed by atoms with Crippen LogP contribution in [-0.4, -0.2) is 9.97 Å². The SMILES string of the molecule is FCc1nccc(Cl)n1. The molecule has 0 aliphatic carbocycles. The van der Waals surface area contributed by atoms with Gasteiger partial charge in [0.2, 0.25) is 0 Å². The first-order valence-electron chi connectivity index (χ1n) is 2.36. The van der Waals surface area contributed by atoms with Crippen molar-refractivity contribution >= 4 is 11.6 Å². The molecule has 1 rings (SSSR count). The summed E-state index contributed by atoms with van der Waals surface area (Å²) in [5, 5.41) is 0.276. The molecule has 0 amide bonds. The second-order valence-electron chi connectivity index (χ2n) is 1.43. The Morgan fingerprint density at radius 1 is 1.67 bits per heavy atom. The smallest absolute Gasteiger partial charge is 0.161 e. The highest BCUT2D eigenvalue weighted by Crippen LogP contribution is 2.02. The highest BCUT2D eigenvalue weighted by molar-refractivity contribution is 6.29. The zero-order valence-electron chi connectivity index (χ0n) is 4.51. The number of aromatic nitrogens is 2. The number of nitrogens with zero attached hydrogens (tertiary/aromatic N) is 2. The van der Waals surface area contributed by atoms with Gasteiger partial charge in [0.1, 0.15) is 11.8 Å². The minimum atomic E-state index is -0.666. The van der Waals surface area contributed by atoms with E-state index in [1.165, 1.54) is 12.3 Å². The third kappa shape index (κ3) is 1.61. The summed E-state index contributed by atoms with van der Waals surface area (Å²) < 4.78 is 11.7. The van der Waals surface area contributed by atoms with E-state index in [-0.39, 0.29) is 11.0 Å². The predicted molar refractivity (Wildman–Crippen MR) is 31.9 cm³/mol. The van der Waals surface area contributed by atoms with Gasteiger partial charge in [-0.25, -0.2) is 14.4 Å². The molecule has 0 spiro atoms. The third-order valence-corrected chi connectivity index (χ3v) is 1.00. The van der Waals surface area contributed by atoms with Crippen LogP contribution in [0.4, 0.5) is 4.39 Å². The molecule has 0 radical (unpaired) electrons. The van der Waals surface area contributed by atoms with Crippen molar-refractivity contribution in [2.45, 2.75) is 6.67 Å². The largest absolute Gasteiger partial charge is 0.242 e. The van der Waals surface area contributed by atoms with Crippen molar-refractivity contribution in [3.63, 3.8) is 0 Å². The Morgan fingerprint density at radius 3 is 2.89 bits per heavy atom. The summed E-state index contributed by atoms with van der Waals surface area (Å²) in [5.74, 6) is 0.127. The van der Waals surface area contributed by atoms with Crippen molar-refractivity contribution in [2.75, 3.05) is 0 Å². The lowest BCUT2D eigenvalue weighted by Crippen LogP contribution is -1.89. The molecular weight excluding hydrogens is 143 g/mol. The Labute approximate surface area is 56.7 Å². The summed E-state index contributed by atoms with van der Waals surface area (Å²) in [7, 11) is 0. The molecule has 0 bridgehead atoms. The van der Waals surface area contributed by atoms with Gasteiger partial charge in [0.15, 0.2) is 5.82 Å². The number of hydrogen-bond donors (Lipinski definition) is 0. The van der Waals surface area contributed by atoms with Gasteiger partial charge in [0, 0.05) is 6.20 Å². The first-order chi connectivity index (χ1) is 4.33. The van der Waals surface area contributed by atoms with E-state index < -0.39 is 6.67 Å². The Balaban J connectivity index is 2.94. The van der Waals surface area contributed by atoms with Gasteiger partial charge >= 0.3 is 0 Å². The zero-order chi connectivity index (χ0) is 6.69. The molecule has 0 atom stereocenters. The Hall–Kier alpha value is -0.700. The summed E-state index contributed by atoms with van der Waals surface area (Å²) >= 11 is 5.41. The first-order valence-corrected chi connectivity index (χ1v) is 2.74. The van der Waals surface area contributed by atoms with E-state index in [1.54, 1.807) is 0 Å². The monoisotopic (exact) mass is 146 g/mol. The summed E-state index contributed by atoms with van der Waals surface area (Å²) in [6.45, 7) is -0.666. The fourth-order valence-electron chi connectivity index (χ4n) is 0.439. The van der Waals surface area contributed by atoms with E-state index in [4.69, 9.17) is 11.6 Å². The number of alkyl halides is 1. The van der Waals surface area contributed by atoms with Crippen LogP contribution in [0.3, 0.4) is 0 Å². The van der Waals surface area contributed by atoms with Crippen molar-refractivity contribution < 1.29 is 4.39 Å². The molecule has 0 aliphatic heterocycles.